The van der Waals surface area contributed by atoms with Gasteiger partial charge in [-0.2, -0.15) is 0 Å². The average Bonchev–Trinajstić information content (AvgIpc) is 3.06. The van der Waals surface area contributed by atoms with Gasteiger partial charge in [-0.3, -0.25) is 9.88 Å². The fourth-order valence-corrected chi connectivity index (χ4v) is 3.47. The summed E-state index contributed by atoms with van der Waals surface area (Å²) in [4.78, 5) is 6.35. The van der Waals surface area contributed by atoms with Crippen LogP contribution in [-0.4, -0.2) is 29.0 Å². The van der Waals surface area contributed by atoms with Crippen molar-refractivity contribution < 1.29 is 8.78 Å². The van der Waals surface area contributed by atoms with Crippen molar-refractivity contribution in [2.45, 2.75) is 19.0 Å². The Morgan fingerprint density at radius 1 is 1.04 bits per heavy atom. The molecule has 1 aliphatic heterocycles. The molecule has 1 atom stereocenters. The maximum absolute atomic E-state index is 14.2. The molecule has 1 aromatic heterocycles. The van der Waals surface area contributed by atoms with Gasteiger partial charge in [0, 0.05) is 37.6 Å². The molecule has 1 aliphatic rings. The maximum atomic E-state index is 14.2. The number of aromatic nitrogens is 1. The lowest BCUT2D eigenvalue weighted by Crippen LogP contribution is -2.26. The van der Waals surface area contributed by atoms with Crippen LogP contribution in [0.1, 0.15) is 12.0 Å². The van der Waals surface area contributed by atoms with Crippen LogP contribution in [0.25, 0.3) is 10.9 Å². The Bertz CT molecular complexity index is 883. The molecule has 0 bridgehead atoms. The second-order valence-electron chi connectivity index (χ2n) is 6.46. The highest BCUT2D eigenvalue weighted by atomic mass is 19.1. The zero-order valence-electron chi connectivity index (χ0n) is 13.8. The normalized spacial score (nSPS) is 17.9. The minimum absolute atomic E-state index is 0.0733. The van der Waals surface area contributed by atoms with Gasteiger partial charge in [-0.05, 0) is 30.2 Å². The van der Waals surface area contributed by atoms with Crippen LogP contribution in [0, 0.1) is 11.6 Å². The molecule has 1 unspecified atom stereocenters. The van der Waals surface area contributed by atoms with E-state index in [1.807, 2.05) is 18.2 Å². The van der Waals surface area contributed by atoms with Crippen molar-refractivity contribution in [3.8, 4) is 0 Å². The first kappa shape index (κ1) is 16.0. The number of hydrogen-bond acceptors (Lipinski definition) is 3. The Hall–Kier alpha value is -2.53. The van der Waals surface area contributed by atoms with Crippen molar-refractivity contribution in [3.63, 3.8) is 0 Å². The minimum atomic E-state index is -0.503. The number of halogens is 2. The molecule has 3 nitrogen and oxygen atoms in total. The molecule has 0 spiro atoms. The van der Waals surface area contributed by atoms with Crippen molar-refractivity contribution in [3.05, 3.63) is 71.9 Å². The monoisotopic (exact) mass is 339 g/mol. The maximum Gasteiger partial charge on any atom is 0.149 e. The molecule has 2 aromatic carbocycles. The zero-order valence-corrected chi connectivity index (χ0v) is 13.8. The lowest BCUT2D eigenvalue weighted by atomic mass is 10.1. The summed E-state index contributed by atoms with van der Waals surface area (Å²) in [7, 11) is 0. The van der Waals surface area contributed by atoms with Crippen LogP contribution < -0.4 is 5.32 Å². The fourth-order valence-electron chi connectivity index (χ4n) is 3.47. The van der Waals surface area contributed by atoms with Gasteiger partial charge in [0.15, 0.2) is 0 Å². The summed E-state index contributed by atoms with van der Waals surface area (Å²) in [5, 5.41) is 3.61. The van der Waals surface area contributed by atoms with E-state index >= 15 is 0 Å². The second-order valence-corrected chi connectivity index (χ2v) is 6.46. The van der Waals surface area contributed by atoms with Gasteiger partial charge in [-0.15, -0.1) is 0 Å². The van der Waals surface area contributed by atoms with Gasteiger partial charge in [0.2, 0.25) is 0 Å². The summed E-state index contributed by atoms with van der Waals surface area (Å²) in [6.45, 7) is 2.75. The van der Waals surface area contributed by atoms with Crippen molar-refractivity contribution >= 4 is 16.6 Å². The number of nitrogens with zero attached hydrogens (tertiary/aromatic N) is 2. The number of anilines is 1. The van der Waals surface area contributed by atoms with Gasteiger partial charge in [-0.25, -0.2) is 8.78 Å². The Labute approximate surface area is 145 Å². The summed E-state index contributed by atoms with van der Waals surface area (Å²) in [6, 6.07) is 14.5. The lowest BCUT2D eigenvalue weighted by molar-refractivity contribution is 0.328. The third-order valence-corrected chi connectivity index (χ3v) is 4.67. The Balaban J connectivity index is 1.50. The smallest absolute Gasteiger partial charge is 0.149 e. The fraction of sp³-hybridized carbons (Fsp3) is 0.250. The Morgan fingerprint density at radius 2 is 1.84 bits per heavy atom. The molecule has 128 valence electrons. The molecule has 3 aromatic rings. The minimum Gasteiger partial charge on any atom is -0.380 e. The molecule has 0 aliphatic carbocycles. The summed E-state index contributed by atoms with van der Waals surface area (Å²) < 4.78 is 28.1. The number of likely N-dealkylation sites (tertiary alicyclic amines) is 1. The van der Waals surface area contributed by atoms with Crippen LogP contribution in [0.15, 0.2) is 54.7 Å². The second kappa shape index (κ2) is 6.76. The molecule has 0 amide bonds. The van der Waals surface area contributed by atoms with Crippen LogP contribution in [-0.2, 0) is 6.54 Å². The van der Waals surface area contributed by atoms with Crippen molar-refractivity contribution in [2.24, 2.45) is 0 Å². The number of benzene rings is 2. The van der Waals surface area contributed by atoms with Crippen LogP contribution in [0.5, 0.6) is 0 Å². The largest absolute Gasteiger partial charge is 0.380 e. The Morgan fingerprint density at radius 3 is 2.68 bits per heavy atom. The molecule has 4 rings (SSSR count). The highest BCUT2D eigenvalue weighted by Gasteiger charge is 2.23. The summed E-state index contributed by atoms with van der Waals surface area (Å²) in [5.41, 5.74) is 1.96. The van der Waals surface area contributed by atoms with E-state index in [1.165, 1.54) is 11.8 Å². The molecule has 0 radical (unpaired) electrons. The predicted octanol–water partition coefficient (Wildman–Crippen LogP) is 4.20. The van der Waals surface area contributed by atoms with Gasteiger partial charge in [0.25, 0.3) is 0 Å². The quantitative estimate of drug-likeness (QED) is 0.772. The number of pyridine rings is 1. The molecule has 1 saturated heterocycles. The van der Waals surface area contributed by atoms with Crippen molar-refractivity contribution in [2.75, 3.05) is 18.4 Å². The highest BCUT2D eigenvalue weighted by molar-refractivity contribution is 5.92. The van der Waals surface area contributed by atoms with Crippen LogP contribution in [0.2, 0.25) is 0 Å². The van der Waals surface area contributed by atoms with E-state index in [4.69, 9.17) is 0 Å². The van der Waals surface area contributed by atoms with Gasteiger partial charge < -0.3 is 5.32 Å². The van der Waals surface area contributed by atoms with E-state index in [0.717, 1.165) is 38.2 Å². The van der Waals surface area contributed by atoms with Crippen LogP contribution in [0.3, 0.4) is 0 Å². The molecule has 1 N–H and O–H groups in total. The number of nitrogens with one attached hydrogen (secondary N) is 1. The van der Waals surface area contributed by atoms with E-state index < -0.39 is 11.6 Å². The molecular weight excluding hydrogens is 320 g/mol. The van der Waals surface area contributed by atoms with E-state index in [2.05, 4.69) is 27.3 Å². The van der Waals surface area contributed by atoms with Crippen LogP contribution >= 0.6 is 0 Å². The highest BCUT2D eigenvalue weighted by Crippen LogP contribution is 2.28. The third kappa shape index (κ3) is 3.33. The summed E-state index contributed by atoms with van der Waals surface area (Å²) in [6.07, 6.45) is 2.48. The number of rotatable bonds is 4. The SMILES string of the molecule is Fc1ccc(F)c2c(NC3CCN(Cc4ccccc4)C3)ccnc12. The molecule has 2 heterocycles. The van der Waals surface area contributed by atoms with E-state index in [1.54, 1.807) is 6.07 Å². The summed E-state index contributed by atoms with van der Waals surface area (Å²) >= 11 is 0. The first-order chi connectivity index (χ1) is 12.2. The van der Waals surface area contributed by atoms with E-state index in [9.17, 15) is 8.78 Å². The molecule has 0 saturated carbocycles. The average molecular weight is 339 g/mol. The van der Waals surface area contributed by atoms with E-state index in [0.29, 0.717) is 5.69 Å². The van der Waals surface area contributed by atoms with Crippen molar-refractivity contribution in [1.29, 1.82) is 0 Å². The number of fused-ring (bicyclic) bond motifs is 1. The van der Waals surface area contributed by atoms with E-state index in [-0.39, 0.29) is 16.9 Å². The first-order valence-corrected chi connectivity index (χ1v) is 8.46. The van der Waals surface area contributed by atoms with Gasteiger partial charge in [-0.1, -0.05) is 30.3 Å². The first-order valence-electron chi connectivity index (χ1n) is 8.46. The standard InChI is InChI=1S/C20H19F2N3/c21-16-6-7-17(22)20-19(16)18(8-10-23-20)24-15-9-11-25(13-15)12-14-4-2-1-3-5-14/h1-8,10,15H,9,11-13H2,(H,23,24). The molecule has 5 heteroatoms. The zero-order chi connectivity index (χ0) is 17.2. The predicted molar refractivity (Wildman–Crippen MR) is 95.4 cm³/mol. The van der Waals surface area contributed by atoms with Gasteiger partial charge in [0.05, 0.1) is 5.39 Å². The topological polar surface area (TPSA) is 28.2 Å². The Kier molecular flexibility index (Phi) is 4.32. The van der Waals surface area contributed by atoms with Gasteiger partial charge >= 0.3 is 0 Å². The molecule has 1 fully saturated rings. The molecular formula is C20H19F2N3. The van der Waals surface area contributed by atoms with Gasteiger partial charge in [0.1, 0.15) is 17.2 Å². The number of hydrogen-bond donors (Lipinski definition) is 1. The third-order valence-electron chi connectivity index (χ3n) is 4.67. The summed E-state index contributed by atoms with van der Waals surface area (Å²) in [5.74, 6) is -0.955. The lowest BCUT2D eigenvalue weighted by Gasteiger charge is -2.18. The van der Waals surface area contributed by atoms with Crippen LogP contribution in [0.4, 0.5) is 14.5 Å². The molecule has 25 heavy (non-hydrogen) atoms. The van der Waals surface area contributed by atoms with Crippen molar-refractivity contribution in [1.82, 2.24) is 9.88 Å².